The number of amides is 2. The molecule has 120 valence electrons. The number of likely N-dealkylation sites (N-methyl/N-ethyl adjacent to an activating group) is 1. The van der Waals surface area contributed by atoms with E-state index < -0.39 is 0 Å². The van der Waals surface area contributed by atoms with Crippen LogP contribution in [0.2, 0.25) is 0 Å². The molecule has 6 heteroatoms. The van der Waals surface area contributed by atoms with Gasteiger partial charge in [0.15, 0.2) is 6.54 Å². The summed E-state index contributed by atoms with van der Waals surface area (Å²) in [6, 6.07) is 6.13. The van der Waals surface area contributed by atoms with E-state index in [0.717, 1.165) is 29.8 Å². The lowest BCUT2D eigenvalue weighted by atomic mass is 9.97. The summed E-state index contributed by atoms with van der Waals surface area (Å²) in [5.41, 5.74) is 6.25. The fraction of sp³-hybridized carbons (Fsp3) is 0.500. The van der Waals surface area contributed by atoms with Gasteiger partial charge in [0.25, 0.3) is 5.91 Å². The predicted octanol–water partition coefficient (Wildman–Crippen LogP) is -0.436. The van der Waals surface area contributed by atoms with Crippen molar-refractivity contribution in [2.45, 2.75) is 19.4 Å². The van der Waals surface area contributed by atoms with E-state index in [9.17, 15) is 14.0 Å². The minimum absolute atomic E-state index is 0.0180. The molecule has 2 rings (SSSR count). The van der Waals surface area contributed by atoms with Gasteiger partial charge in [0.1, 0.15) is 5.82 Å². The van der Waals surface area contributed by atoms with E-state index in [0.29, 0.717) is 19.6 Å². The molecule has 0 aliphatic carbocycles. The number of carbonyl (C=O) groups is 2. The Hall–Kier alpha value is -1.95. The van der Waals surface area contributed by atoms with E-state index in [2.05, 4.69) is 0 Å². The van der Waals surface area contributed by atoms with Crippen LogP contribution in [0.3, 0.4) is 0 Å². The Morgan fingerprint density at radius 2 is 2.05 bits per heavy atom. The zero-order valence-electron chi connectivity index (χ0n) is 12.8. The van der Waals surface area contributed by atoms with Crippen molar-refractivity contribution >= 4 is 11.8 Å². The summed E-state index contributed by atoms with van der Waals surface area (Å²) in [5.74, 6) is -0.666. The van der Waals surface area contributed by atoms with Crippen molar-refractivity contribution in [3.8, 4) is 0 Å². The van der Waals surface area contributed by atoms with Gasteiger partial charge in [-0.05, 0) is 30.5 Å². The zero-order chi connectivity index (χ0) is 16.1. The van der Waals surface area contributed by atoms with Gasteiger partial charge in [-0.1, -0.05) is 12.1 Å². The fourth-order valence-electron chi connectivity index (χ4n) is 2.86. The lowest BCUT2D eigenvalue weighted by Gasteiger charge is -2.29. The molecular weight excluding hydrogens is 285 g/mol. The van der Waals surface area contributed by atoms with Crippen molar-refractivity contribution < 1.29 is 18.9 Å². The number of hydrogen-bond donors (Lipinski definition) is 2. The molecular formula is C16H23FN3O2+. The third-order valence-electron chi connectivity index (χ3n) is 4.18. The number of hydrogen-bond acceptors (Lipinski definition) is 2. The number of nitrogens with zero attached hydrogens (tertiary/aromatic N) is 1. The van der Waals surface area contributed by atoms with Crippen LogP contribution in [0.15, 0.2) is 24.3 Å². The van der Waals surface area contributed by atoms with Crippen LogP contribution in [0, 0.1) is 11.7 Å². The van der Waals surface area contributed by atoms with Gasteiger partial charge in [-0.3, -0.25) is 9.59 Å². The molecule has 1 unspecified atom stereocenters. The second-order valence-electron chi connectivity index (χ2n) is 6.00. The summed E-state index contributed by atoms with van der Waals surface area (Å²) in [5, 5.41) is 0. The van der Waals surface area contributed by atoms with Crippen molar-refractivity contribution in [3.05, 3.63) is 35.6 Å². The first-order valence-corrected chi connectivity index (χ1v) is 7.57. The van der Waals surface area contributed by atoms with Crippen LogP contribution in [0.4, 0.5) is 4.39 Å². The Labute approximate surface area is 129 Å². The first kappa shape index (κ1) is 16.4. The molecule has 1 fully saturated rings. The van der Waals surface area contributed by atoms with Crippen LogP contribution in [0.1, 0.15) is 18.4 Å². The smallest absolute Gasteiger partial charge is 0.277 e. The maximum absolute atomic E-state index is 12.9. The van der Waals surface area contributed by atoms with E-state index in [-0.39, 0.29) is 23.5 Å². The maximum Gasteiger partial charge on any atom is 0.277 e. The predicted molar refractivity (Wildman–Crippen MR) is 80.4 cm³/mol. The molecule has 5 nitrogen and oxygen atoms in total. The maximum atomic E-state index is 12.9. The number of primary amides is 1. The van der Waals surface area contributed by atoms with Crippen LogP contribution in [0.5, 0.6) is 0 Å². The number of benzene rings is 1. The molecule has 1 aliphatic heterocycles. The summed E-state index contributed by atoms with van der Waals surface area (Å²) in [6.45, 7) is 2.33. The van der Waals surface area contributed by atoms with Gasteiger partial charge in [0.05, 0.1) is 19.0 Å². The molecule has 3 N–H and O–H groups in total. The second-order valence-corrected chi connectivity index (χ2v) is 6.00. The molecule has 2 atom stereocenters. The number of nitrogens with two attached hydrogens (primary N) is 1. The van der Waals surface area contributed by atoms with Crippen LogP contribution in [0.25, 0.3) is 0 Å². The lowest BCUT2D eigenvalue weighted by Crippen LogP contribution is -3.14. The molecule has 1 saturated heterocycles. The van der Waals surface area contributed by atoms with Gasteiger partial charge in [0, 0.05) is 13.6 Å². The number of nitrogens with one attached hydrogen (secondary N) is 1. The molecule has 0 saturated carbocycles. The average molecular weight is 308 g/mol. The largest absolute Gasteiger partial charge is 0.369 e. The number of rotatable bonds is 5. The lowest BCUT2D eigenvalue weighted by molar-refractivity contribution is -0.899. The van der Waals surface area contributed by atoms with Crippen molar-refractivity contribution in [3.63, 3.8) is 0 Å². The Morgan fingerprint density at radius 1 is 1.36 bits per heavy atom. The highest BCUT2D eigenvalue weighted by Gasteiger charge is 2.29. The molecule has 1 heterocycles. The Morgan fingerprint density at radius 3 is 2.68 bits per heavy atom. The zero-order valence-corrected chi connectivity index (χ0v) is 12.8. The SMILES string of the molecule is CN(Cc1ccc(F)cc1)C(=O)C[NH+]1CCC[C@H](C(N)=O)C1. The van der Waals surface area contributed by atoms with Crippen LogP contribution < -0.4 is 10.6 Å². The summed E-state index contributed by atoms with van der Waals surface area (Å²) in [4.78, 5) is 26.3. The van der Waals surface area contributed by atoms with E-state index in [4.69, 9.17) is 5.73 Å². The Bertz CT molecular complexity index is 533. The van der Waals surface area contributed by atoms with Crippen LogP contribution in [-0.2, 0) is 16.1 Å². The van der Waals surface area contributed by atoms with Crippen molar-refractivity contribution in [2.75, 3.05) is 26.7 Å². The van der Waals surface area contributed by atoms with Crippen LogP contribution in [-0.4, -0.2) is 43.4 Å². The minimum Gasteiger partial charge on any atom is -0.369 e. The molecule has 0 bridgehead atoms. The average Bonchev–Trinajstić information content (AvgIpc) is 2.49. The molecule has 1 aromatic carbocycles. The highest BCUT2D eigenvalue weighted by molar-refractivity contribution is 5.77. The van der Waals surface area contributed by atoms with Crippen molar-refractivity contribution in [2.24, 2.45) is 11.7 Å². The molecule has 1 aromatic rings. The third-order valence-corrected chi connectivity index (χ3v) is 4.18. The van der Waals surface area contributed by atoms with E-state index in [1.807, 2.05) is 0 Å². The summed E-state index contributed by atoms with van der Waals surface area (Å²) >= 11 is 0. The summed E-state index contributed by atoms with van der Waals surface area (Å²) in [7, 11) is 1.74. The minimum atomic E-state index is -0.284. The van der Waals surface area contributed by atoms with Gasteiger partial charge in [-0.15, -0.1) is 0 Å². The summed E-state index contributed by atoms with van der Waals surface area (Å²) < 4.78 is 12.9. The van der Waals surface area contributed by atoms with E-state index >= 15 is 0 Å². The number of quaternary nitrogens is 1. The van der Waals surface area contributed by atoms with Gasteiger partial charge >= 0.3 is 0 Å². The quantitative estimate of drug-likeness (QED) is 0.775. The van der Waals surface area contributed by atoms with Gasteiger partial charge < -0.3 is 15.5 Å². The number of piperidine rings is 1. The second kappa shape index (κ2) is 7.35. The monoisotopic (exact) mass is 308 g/mol. The molecule has 0 spiro atoms. The molecule has 22 heavy (non-hydrogen) atoms. The topological polar surface area (TPSA) is 67.8 Å². The first-order valence-electron chi connectivity index (χ1n) is 7.57. The molecule has 2 amide bonds. The van der Waals surface area contributed by atoms with E-state index in [1.54, 1.807) is 24.1 Å². The highest BCUT2D eigenvalue weighted by atomic mass is 19.1. The Kier molecular flexibility index (Phi) is 5.49. The standard InChI is InChI=1S/C16H22FN3O2/c1-19(9-12-4-6-14(17)7-5-12)15(21)11-20-8-2-3-13(10-20)16(18)22/h4-7,13H,2-3,8-11H2,1H3,(H2,18,22)/p+1/t13-/m0/s1. The van der Waals surface area contributed by atoms with Gasteiger partial charge in [-0.25, -0.2) is 4.39 Å². The van der Waals surface area contributed by atoms with Gasteiger partial charge in [0.2, 0.25) is 5.91 Å². The van der Waals surface area contributed by atoms with Gasteiger partial charge in [-0.2, -0.15) is 0 Å². The van der Waals surface area contributed by atoms with Crippen LogP contribution >= 0.6 is 0 Å². The fourth-order valence-corrected chi connectivity index (χ4v) is 2.86. The highest BCUT2D eigenvalue weighted by Crippen LogP contribution is 2.07. The third kappa shape index (κ3) is 4.53. The Balaban J connectivity index is 1.85. The molecule has 0 radical (unpaired) electrons. The normalized spacial score (nSPS) is 21.4. The summed E-state index contributed by atoms with van der Waals surface area (Å²) in [6.07, 6.45) is 1.73. The molecule has 0 aromatic heterocycles. The number of likely N-dealkylation sites (tertiary alicyclic amines) is 1. The first-order chi connectivity index (χ1) is 10.5. The number of carbonyl (C=O) groups excluding carboxylic acids is 2. The number of halogens is 1. The van der Waals surface area contributed by atoms with Crippen molar-refractivity contribution in [1.82, 2.24) is 4.90 Å². The van der Waals surface area contributed by atoms with Crippen molar-refractivity contribution in [1.29, 1.82) is 0 Å². The molecule has 1 aliphatic rings. The van der Waals surface area contributed by atoms with E-state index in [1.165, 1.54) is 12.1 Å².